The highest BCUT2D eigenvalue weighted by Crippen LogP contribution is 2.22. The number of ether oxygens (including phenoxy) is 1. The fraction of sp³-hybridized carbons (Fsp3) is 0.300. The average molecular weight is 220 g/mol. The first-order valence-corrected chi connectivity index (χ1v) is 4.87. The minimum Gasteiger partial charge on any atom is -0.461 e. The van der Waals surface area contributed by atoms with Crippen LogP contribution in [0.4, 0.5) is 5.82 Å². The van der Waals surface area contributed by atoms with Crippen LogP contribution in [0.15, 0.2) is 12.5 Å². The Bertz CT molecular complexity index is 547. The molecule has 2 N–H and O–H groups in total. The quantitative estimate of drug-likeness (QED) is 0.754. The molecule has 0 saturated heterocycles. The molecule has 16 heavy (non-hydrogen) atoms. The maximum absolute atomic E-state index is 11.7. The Morgan fingerprint density at radius 1 is 1.56 bits per heavy atom. The van der Waals surface area contributed by atoms with Crippen molar-refractivity contribution in [2.45, 2.75) is 6.92 Å². The number of nitrogens with zero attached hydrogens (tertiary/aromatic N) is 3. The summed E-state index contributed by atoms with van der Waals surface area (Å²) >= 11 is 0. The van der Waals surface area contributed by atoms with Crippen LogP contribution in [0, 0.1) is 0 Å². The number of hydrogen-bond acceptors (Lipinski definition) is 5. The minimum absolute atomic E-state index is 0.325. The summed E-state index contributed by atoms with van der Waals surface area (Å²) in [5, 5.41) is 0.660. The molecule has 0 radical (unpaired) electrons. The molecule has 0 aliphatic carbocycles. The molecule has 0 unspecified atom stereocenters. The molecule has 0 fully saturated rings. The van der Waals surface area contributed by atoms with E-state index in [9.17, 15) is 4.79 Å². The molecule has 0 aliphatic heterocycles. The molecule has 2 aromatic heterocycles. The Hall–Kier alpha value is -2.11. The highest BCUT2D eigenvalue weighted by Gasteiger charge is 2.18. The van der Waals surface area contributed by atoms with E-state index in [1.165, 1.54) is 6.33 Å². The predicted molar refractivity (Wildman–Crippen MR) is 58.9 cm³/mol. The van der Waals surface area contributed by atoms with Gasteiger partial charge in [0.1, 0.15) is 17.7 Å². The molecule has 0 amide bonds. The van der Waals surface area contributed by atoms with Gasteiger partial charge in [0, 0.05) is 13.2 Å². The van der Waals surface area contributed by atoms with Crippen LogP contribution >= 0.6 is 0 Å². The molecule has 0 aromatic carbocycles. The second kappa shape index (κ2) is 3.80. The molecular weight excluding hydrogens is 208 g/mol. The van der Waals surface area contributed by atoms with E-state index in [0.29, 0.717) is 29.0 Å². The van der Waals surface area contributed by atoms with Gasteiger partial charge >= 0.3 is 5.97 Å². The van der Waals surface area contributed by atoms with E-state index >= 15 is 0 Å². The Labute approximate surface area is 92.0 Å². The lowest BCUT2D eigenvalue weighted by molar-refractivity contribution is 0.0517. The summed E-state index contributed by atoms with van der Waals surface area (Å²) in [5.41, 5.74) is 6.61. The van der Waals surface area contributed by atoms with Gasteiger partial charge in [0.25, 0.3) is 0 Å². The summed E-state index contributed by atoms with van der Waals surface area (Å²) in [7, 11) is 1.74. The van der Waals surface area contributed by atoms with Crippen LogP contribution in [0.5, 0.6) is 0 Å². The highest BCUT2D eigenvalue weighted by atomic mass is 16.5. The standard InChI is InChI=1S/C10H12N4O2/c1-3-16-10(15)8-7-6(4-14(8)2)9(11)13-5-12-7/h4-5H,3H2,1-2H3,(H2,11,12,13). The number of anilines is 1. The van der Waals surface area contributed by atoms with Gasteiger partial charge < -0.3 is 15.0 Å². The zero-order chi connectivity index (χ0) is 11.7. The van der Waals surface area contributed by atoms with Crippen molar-refractivity contribution in [1.29, 1.82) is 0 Å². The normalized spacial score (nSPS) is 10.6. The molecule has 0 spiro atoms. The smallest absolute Gasteiger partial charge is 0.357 e. The molecule has 6 nitrogen and oxygen atoms in total. The lowest BCUT2D eigenvalue weighted by Gasteiger charge is -2.02. The number of carbonyl (C=O) groups excluding carboxylic acids is 1. The summed E-state index contributed by atoms with van der Waals surface area (Å²) < 4.78 is 6.60. The van der Waals surface area contributed by atoms with E-state index in [4.69, 9.17) is 10.5 Å². The first-order valence-electron chi connectivity index (χ1n) is 4.87. The largest absolute Gasteiger partial charge is 0.461 e. The van der Waals surface area contributed by atoms with E-state index in [2.05, 4.69) is 9.97 Å². The third-order valence-electron chi connectivity index (χ3n) is 2.28. The maximum Gasteiger partial charge on any atom is 0.357 e. The Morgan fingerprint density at radius 3 is 3.00 bits per heavy atom. The number of hydrogen-bond donors (Lipinski definition) is 1. The average Bonchev–Trinajstić information content (AvgIpc) is 2.56. The summed E-state index contributed by atoms with van der Waals surface area (Å²) in [6.07, 6.45) is 3.05. The number of rotatable bonds is 2. The molecule has 0 atom stereocenters. The van der Waals surface area contributed by atoms with Gasteiger partial charge in [-0.3, -0.25) is 0 Å². The molecule has 0 saturated carbocycles. The molecule has 0 bridgehead atoms. The van der Waals surface area contributed by atoms with E-state index in [0.717, 1.165) is 0 Å². The second-order valence-electron chi connectivity index (χ2n) is 3.33. The van der Waals surface area contributed by atoms with Crippen LogP contribution < -0.4 is 5.73 Å². The number of carbonyl (C=O) groups is 1. The van der Waals surface area contributed by atoms with E-state index < -0.39 is 5.97 Å². The van der Waals surface area contributed by atoms with Crippen molar-refractivity contribution in [3.05, 3.63) is 18.2 Å². The van der Waals surface area contributed by atoms with Gasteiger partial charge in [-0.2, -0.15) is 0 Å². The summed E-state index contributed by atoms with van der Waals surface area (Å²) in [5.74, 6) is -0.0470. The third-order valence-corrected chi connectivity index (χ3v) is 2.28. The molecule has 2 rings (SSSR count). The van der Waals surface area contributed by atoms with Gasteiger partial charge in [-0.05, 0) is 6.92 Å². The fourth-order valence-electron chi connectivity index (χ4n) is 1.59. The van der Waals surface area contributed by atoms with E-state index in [1.807, 2.05) is 0 Å². The van der Waals surface area contributed by atoms with Crippen molar-refractivity contribution >= 4 is 22.7 Å². The van der Waals surface area contributed by atoms with Crippen LogP contribution in [-0.2, 0) is 11.8 Å². The summed E-state index contributed by atoms with van der Waals surface area (Å²) in [6, 6.07) is 0. The monoisotopic (exact) mass is 220 g/mol. The van der Waals surface area contributed by atoms with E-state index in [-0.39, 0.29) is 0 Å². The number of esters is 1. The lowest BCUT2D eigenvalue weighted by Crippen LogP contribution is -2.10. The summed E-state index contributed by atoms with van der Waals surface area (Å²) in [4.78, 5) is 19.6. The molecule has 0 aliphatic rings. The zero-order valence-electron chi connectivity index (χ0n) is 9.10. The van der Waals surface area contributed by atoms with Crippen LogP contribution in [-0.4, -0.2) is 27.1 Å². The number of nitrogens with two attached hydrogens (primary N) is 1. The van der Waals surface area contributed by atoms with Gasteiger partial charge in [0.05, 0.1) is 12.0 Å². The van der Waals surface area contributed by atoms with Crippen LogP contribution in [0.3, 0.4) is 0 Å². The number of nitrogen functional groups attached to an aromatic ring is 1. The van der Waals surface area contributed by atoms with Crippen molar-refractivity contribution in [2.75, 3.05) is 12.3 Å². The molecular formula is C10H12N4O2. The van der Waals surface area contributed by atoms with Crippen molar-refractivity contribution in [2.24, 2.45) is 7.05 Å². The summed E-state index contributed by atoms with van der Waals surface area (Å²) in [6.45, 7) is 2.08. The Morgan fingerprint density at radius 2 is 2.31 bits per heavy atom. The van der Waals surface area contributed by atoms with E-state index in [1.54, 1.807) is 24.7 Å². The maximum atomic E-state index is 11.7. The zero-order valence-corrected chi connectivity index (χ0v) is 9.10. The first kappa shape index (κ1) is 10.4. The second-order valence-corrected chi connectivity index (χ2v) is 3.33. The van der Waals surface area contributed by atoms with Gasteiger partial charge in [0.2, 0.25) is 0 Å². The SMILES string of the molecule is CCOC(=O)c1c2ncnc(N)c2cn1C. The van der Waals surface area contributed by atoms with Gasteiger partial charge in [0.15, 0.2) is 5.69 Å². The first-order chi connectivity index (χ1) is 7.65. The van der Waals surface area contributed by atoms with Gasteiger partial charge in [-0.25, -0.2) is 14.8 Å². The van der Waals surface area contributed by atoms with Crippen molar-refractivity contribution < 1.29 is 9.53 Å². The molecule has 84 valence electrons. The molecule has 2 heterocycles. The number of aryl methyl sites for hydroxylation is 1. The minimum atomic E-state index is -0.405. The lowest BCUT2D eigenvalue weighted by atomic mass is 10.3. The topological polar surface area (TPSA) is 83.0 Å². The molecule has 2 aromatic rings. The fourth-order valence-corrected chi connectivity index (χ4v) is 1.59. The van der Waals surface area contributed by atoms with Crippen LogP contribution in [0.1, 0.15) is 17.4 Å². The predicted octanol–water partition coefficient (Wildman–Crippen LogP) is 0.727. The van der Waals surface area contributed by atoms with Gasteiger partial charge in [-0.1, -0.05) is 0 Å². The van der Waals surface area contributed by atoms with Gasteiger partial charge in [-0.15, -0.1) is 0 Å². The number of fused-ring (bicyclic) bond motifs is 1. The Kier molecular flexibility index (Phi) is 2.47. The molecule has 6 heteroatoms. The van der Waals surface area contributed by atoms with Crippen LogP contribution in [0.2, 0.25) is 0 Å². The highest BCUT2D eigenvalue weighted by molar-refractivity contribution is 6.04. The van der Waals surface area contributed by atoms with Crippen molar-refractivity contribution in [1.82, 2.24) is 14.5 Å². The Balaban J connectivity index is 2.65. The number of aromatic nitrogens is 3. The van der Waals surface area contributed by atoms with Crippen molar-refractivity contribution in [3.8, 4) is 0 Å². The van der Waals surface area contributed by atoms with Crippen LogP contribution in [0.25, 0.3) is 10.9 Å². The third kappa shape index (κ3) is 1.48. The van der Waals surface area contributed by atoms with Crippen molar-refractivity contribution in [3.63, 3.8) is 0 Å².